The van der Waals surface area contributed by atoms with Crippen LogP contribution in [0.1, 0.15) is 32.0 Å². The SMILES string of the molecule is Cc1cc2c(-c3ccc(Cl)cc3)nn(-c3ccnc(OC4CN(C(=O)OC(C)(C)C)C4)c3)c(=O)c2nc1C. The van der Waals surface area contributed by atoms with E-state index < -0.39 is 5.60 Å². The molecule has 1 aliphatic heterocycles. The largest absolute Gasteiger partial charge is 0.470 e. The molecule has 4 aromatic rings. The van der Waals surface area contributed by atoms with E-state index in [2.05, 4.69) is 9.97 Å². The van der Waals surface area contributed by atoms with Crippen molar-refractivity contribution in [1.82, 2.24) is 24.6 Å². The second-order valence-corrected chi connectivity index (χ2v) is 10.8. The van der Waals surface area contributed by atoms with Crippen molar-refractivity contribution in [2.45, 2.75) is 46.3 Å². The van der Waals surface area contributed by atoms with Gasteiger partial charge in [-0.15, -0.1) is 0 Å². The lowest BCUT2D eigenvalue weighted by Gasteiger charge is -2.39. The zero-order valence-electron chi connectivity index (χ0n) is 21.9. The quantitative estimate of drug-likeness (QED) is 0.359. The number of fused-ring (bicyclic) bond motifs is 1. The van der Waals surface area contributed by atoms with Gasteiger partial charge in [-0.1, -0.05) is 23.7 Å². The lowest BCUT2D eigenvalue weighted by Crippen LogP contribution is -2.57. The number of nitrogens with zero attached hydrogens (tertiary/aromatic N) is 5. The second kappa shape index (κ2) is 9.72. The van der Waals surface area contributed by atoms with Gasteiger partial charge in [-0.05, 0) is 64.4 Å². The summed E-state index contributed by atoms with van der Waals surface area (Å²) in [4.78, 5) is 36.2. The van der Waals surface area contributed by atoms with Crippen molar-refractivity contribution in [3.63, 3.8) is 0 Å². The summed E-state index contributed by atoms with van der Waals surface area (Å²) >= 11 is 6.11. The smallest absolute Gasteiger partial charge is 0.410 e. The minimum Gasteiger partial charge on any atom is -0.470 e. The molecule has 1 aromatic carbocycles. The maximum absolute atomic E-state index is 13.6. The fraction of sp³-hybridized carbons (Fsp3) is 0.321. The summed E-state index contributed by atoms with van der Waals surface area (Å²) in [5, 5.41) is 6.00. The molecule has 38 heavy (non-hydrogen) atoms. The predicted octanol–water partition coefficient (Wildman–Crippen LogP) is 5.11. The van der Waals surface area contributed by atoms with Crippen LogP contribution in [-0.4, -0.2) is 55.5 Å². The molecular formula is C28H28ClN5O4. The van der Waals surface area contributed by atoms with Gasteiger partial charge in [0.15, 0.2) is 0 Å². The van der Waals surface area contributed by atoms with Crippen LogP contribution in [0.15, 0.2) is 53.5 Å². The van der Waals surface area contributed by atoms with E-state index in [1.54, 1.807) is 35.4 Å². The Hall–Kier alpha value is -3.98. The fourth-order valence-electron chi connectivity index (χ4n) is 4.10. The summed E-state index contributed by atoms with van der Waals surface area (Å²) in [6, 6.07) is 12.6. The van der Waals surface area contributed by atoms with Gasteiger partial charge >= 0.3 is 6.09 Å². The summed E-state index contributed by atoms with van der Waals surface area (Å²) in [7, 11) is 0. The third kappa shape index (κ3) is 5.19. The normalized spacial score (nSPS) is 13.9. The van der Waals surface area contributed by atoms with E-state index in [-0.39, 0.29) is 17.8 Å². The fourth-order valence-corrected chi connectivity index (χ4v) is 4.22. The third-order valence-electron chi connectivity index (χ3n) is 6.18. The Kier molecular flexibility index (Phi) is 6.56. The standard InChI is InChI=1S/C28H28ClN5O4/c1-16-12-22-24(18-6-8-19(29)9-7-18)32-34(26(35)25(22)31-17(16)2)20-10-11-30-23(13-20)37-21-14-33(15-21)27(36)38-28(3,4)5/h6-13,21H,14-15H2,1-5H3. The van der Waals surface area contributed by atoms with Crippen LogP contribution in [0.2, 0.25) is 5.02 Å². The lowest BCUT2D eigenvalue weighted by atomic mass is 10.1. The Morgan fingerprint density at radius 1 is 1.08 bits per heavy atom. The molecule has 196 valence electrons. The number of likely N-dealkylation sites (tertiary alicyclic amines) is 1. The second-order valence-electron chi connectivity index (χ2n) is 10.3. The molecule has 0 aliphatic carbocycles. The van der Waals surface area contributed by atoms with Crippen molar-refractivity contribution >= 4 is 28.6 Å². The van der Waals surface area contributed by atoms with Crippen LogP contribution in [0.4, 0.5) is 4.79 Å². The van der Waals surface area contributed by atoms with E-state index in [1.807, 2.05) is 52.8 Å². The maximum atomic E-state index is 13.6. The highest BCUT2D eigenvalue weighted by molar-refractivity contribution is 6.30. The maximum Gasteiger partial charge on any atom is 0.410 e. The Morgan fingerprint density at radius 3 is 2.47 bits per heavy atom. The van der Waals surface area contributed by atoms with Crippen LogP contribution in [0, 0.1) is 13.8 Å². The molecule has 9 nitrogen and oxygen atoms in total. The lowest BCUT2D eigenvalue weighted by molar-refractivity contribution is -0.0232. The summed E-state index contributed by atoms with van der Waals surface area (Å²) in [5.41, 5.74) is 3.05. The molecule has 1 fully saturated rings. The number of amides is 1. The van der Waals surface area contributed by atoms with Crippen LogP contribution >= 0.6 is 11.6 Å². The first-order valence-corrected chi connectivity index (χ1v) is 12.6. The Balaban J connectivity index is 1.47. The molecule has 1 amide bonds. The van der Waals surface area contributed by atoms with Crippen LogP contribution in [0.25, 0.3) is 27.8 Å². The first kappa shape index (κ1) is 25.7. The average molecular weight is 534 g/mol. The molecule has 5 rings (SSSR count). The van der Waals surface area contributed by atoms with Crippen LogP contribution in [-0.2, 0) is 4.74 Å². The predicted molar refractivity (Wildman–Crippen MR) is 145 cm³/mol. The first-order chi connectivity index (χ1) is 18.0. The summed E-state index contributed by atoms with van der Waals surface area (Å²) < 4.78 is 12.7. The van der Waals surface area contributed by atoms with E-state index in [0.29, 0.717) is 46.3 Å². The molecule has 0 radical (unpaired) electrons. The summed E-state index contributed by atoms with van der Waals surface area (Å²) in [5.74, 6) is 0.325. The zero-order chi connectivity index (χ0) is 27.2. The molecule has 0 spiro atoms. The minimum atomic E-state index is -0.560. The van der Waals surface area contributed by atoms with Crippen molar-refractivity contribution in [2.24, 2.45) is 0 Å². The van der Waals surface area contributed by atoms with Crippen molar-refractivity contribution in [2.75, 3.05) is 13.1 Å². The van der Waals surface area contributed by atoms with Gasteiger partial charge in [-0.3, -0.25) is 4.79 Å². The molecule has 0 unspecified atom stereocenters. The van der Waals surface area contributed by atoms with Crippen LogP contribution in [0.3, 0.4) is 0 Å². The highest BCUT2D eigenvalue weighted by Crippen LogP contribution is 2.28. The molecule has 0 saturated carbocycles. The molecule has 4 heterocycles. The van der Waals surface area contributed by atoms with Crippen molar-refractivity contribution in [3.05, 3.63) is 75.3 Å². The number of ether oxygens (including phenoxy) is 2. The minimum absolute atomic E-state index is 0.233. The van der Waals surface area contributed by atoms with E-state index >= 15 is 0 Å². The average Bonchev–Trinajstić information content (AvgIpc) is 2.82. The number of hydrogen-bond acceptors (Lipinski definition) is 7. The topological polar surface area (TPSA) is 99.4 Å². The summed E-state index contributed by atoms with van der Waals surface area (Å²) in [6.07, 6.45) is 0.950. The highest BCUT2D eigenvalue weighted by Gasteiger charge is 2.35. The number of rotatable bonds is 4. The number of carbonyl (C=O) groups is 1. The molecular weight excluding hydrogens is 506 g/mol. The Labute approximate surface area is 225 Å². The highest BCUT2D eigenvalue weighted by atomic mass is 35.5. The number of aryl methyl sites for hydroxylation is 2. The first-order valence-electron chi connectivity index (χ1n) is 12.3. The molecule has 10 heteroatoms. The Bertz CT molecular complexity index is 1590. The molecule has 0 atom stereocenters. The van der Waals surface area contributed by atoms with E-state index in [0.717, 1.165) is 16.8 Å². The van der Waals surface area contributed by atoms with Crippen molar-refractivity contribution in [3.8, 4) is 22.8 Å². The van der Waals surface area contributed by atoms with E-state index in [4.69, 9.17) is 26.2 Å². The van der Waals surface area contributed by atoms with Gasteiger partial charge in [-0.2, -0.15) is 9.78 Å². The van der Waals surface area contributed by atoms with Gasteiger partial charge in [0.1, 0.15) is 22.9 Å². The molecule has 0 N–H and O–H groups in total. The molecule has 0 bridgehead atoms. The van der Waals surface area contributed by atoms with Crippen molar-refractivity contribution < 1.29 is 14.3 Å². The van der Waals surface area contributed by atoms with Gasteiger partial charge in [0.05, 0.1) is 18.8 Å². The van der Waals surface area contributed by atoms with Gasteiger partial charge < -0.3 is 14.4 Å². The van der Waals surface area contributed by atoms with Crippen molar-refractivity contribution in [1.29, 1.82) is 0 Å². The molecule has 1 saturated heterocycles. The zero-order valence-corrected chi connectivity index (χ0v) is 22.6. The van der Waals surface area contributed by atoms with E-state index in [9.17, 15) is 9.59 Å². The number of carbonyl (C=O) groups excluding carboxylic acids is 1. The number of benzene rings is 1. The summed E-state index contributed by atoms with van der Waals surface area (Å²) in [6.45, 7) is 10.1. The van der Waals surface area contributed by atoms with Gasteiger partial charge in [0, 0.05) is 33.9 Å². The number of pyridine rings is 2. The number of hydrogen-bond donors (Lipinski definition) is 0. The van der Waals surface area contributed by atoms with Crippen LogP contribution in [0.5, 0.6) is 5.88 Å². The molecule has 3 aromatic heterocycles. The third-order valence-corrected chi connectivity index (χ3v) is 6.44. The van der Waals surface area contributed by atoms with Gasteiger partial charge in [0.2, 0.25) is 5.88 Å². The van der Waals surface area contributed by atoms with Gasteiger partial charge in [-0.25, -0.2) is 14.8 Å². The number of aromatic nitrogens is 4. The van der Waals surface area contributed by atoms with E-state index in [1.165, 1.54) is 4.68 Å². The van der Waals surface area contributed by atoms with Gasteiger partial charge in [0.25, 0.3) is 5.56 Å². The molecule has 1 aliphatic rings. The Morgan fingerprint density at radius 2 is 1.79 bits per heavy atom. The monoisotopic (exact) mass is 533 g/mol. The van der Waals surface area contributed by atoms with Crippen LogP contribution < -0.4 is 10.3 Å². The number of halogens is 1.